The lowest BCUT2D eigenvalue weighted by Crippen LogP contribution is -2.23. The number of carbonyl (C=O) groups excluding carboxylic acids is 1. The molecule has 0 aliphatic carbocycles. The second-order valence-electron chi connectivity index (χ2n) is 7.90. The number of nitrogens with zero attached hydrogens (tertiary/aromatic N) is 3. The van der Waals surface area contributed by atoms with Crippen LogP contribution in [0.15, 0.2) is 95.3 Å². The third-order valence-corrected chi connectivity index (χ3v) is 5.60. The average Bonchev–Trinajstić information content (AvgIpc) is 3.10. The van der Waals surface area contributed by atoms with Gasteiger partial charge in [-0.25, -0.2) is 4.68 Å². The number of anilines is 1. The number of amides is 1. The summed E-state index contributed by atoms with van der Waals surface area (Å²) < 4.78 is 8.91. The van der Waals surface area contributed by atoms with Crippen LogP contribution in [0.2, 0.25) is 0 Å². The fraction of sp³-hybridized carbons (Fsp3) is 0.107. The van der Waals surface area contributed by atoms with Gasteiger partial charge in [0.2, 0.25) is 0 Å². The minimum atomic E-state index is -0.650. The molecule has 0 unspecified atom stereocenters. The molecule has 4 aromatic rings. The molecule has 0 fully saturated rings. The lowest BCUT2D eigenvalue weighted by Gasteiger charge is -2.07. The second kappa shape index (κ2) is 10.4. The predicted octanol–water partition coefficient (Wildman–Crippen LogP) is 4.61. The molecule has 1 aromatic heterocycles. The fourth-order valence-corrected chi connectivity index (χ4v) is 3.61. The van der Waals surface area contributed by atoms with Crippen molar-refractivity contribution in [2.45, 2.75) is 13.5 Å². The molecule has 0 spiro atoms. The minimum absolute atomic E-state index is 0.114. The summed E-state index contributed by atoms with van der Waals surface area (Å²) in [5.74, 6) is 0.0262. The third kappa shape index (κ3) is 5.23. The van der Waals surface area contributed by atoms with Gasteiger partial charge < -0.3 is 10.1 Å². The van der Waals surface area contributed by atoms with Crippen LogP contribution in [-0.4, -0.2) is 15.3 Å². The summed E-state index contributed by atoms with van der Waals surface area (Å²) in [6.07, 6.45) is 1.48. The summed E-state index contributed by atoms with van der Waals surface area (Å²) in [5, 5.41) is 12.2. The molecule has 0 aliphatic heterocycles. The van der Waals surface area contributed by atoms with Gasteiger partial charge in [0, 0.05) is 7.05 Å². The Morgan fingerprint density at radius 3 is 2.26 bits per heavy atom. The zero-order valence-electron chi connectivity index (χ0n) is 19.4. The lowest BCUT2D eigenvalue weighted by molar-refractivity contribution is -0.112. The van der Waals surface area contributed by atoms with Crippen LogP contribution in [-0.2, 0) is 18.4 Å². The summed E-state index contributed by atoms with van der Waals surface area (Å²) in [5.41, 5.74) is 2.61. The molecule has 0 atom stereocenters. The van der Waals surface area contributed by atoms with Crippen LogP contribution < -0.4 is 15.6 Å². The number of hydrogen-bond acceptors (Lipinski definition) is 4. The molecule has 0 saturated heterocycles. The molecule has 3 aromatic carbocycles. The van der Waals surface area contributed by atoms with Crippen LogP contribution in [0.25, 0.3) is 11.8 Å². The van der Waals surface area contributed by atoms with Crippen LogP contribution in [0.1, 0.15) is 16.8 Å². The van der Waals surface area contributed by atoms with Gasteiger partial charge in [-0.15, -0.1) is 0 Å². The van der Waals surface area contributed by atoms with E-state index in [0.717, 1.165) is 5.56 Å². The molecular weight excluding hydrogens is 440 g/mol. The summed E-state index contributed by atoms with van der Waals surface area (Å²) >= 11 is 0. The Kier molecular flexibility index (Phi) is 6.94. The summed E-state index contributed by atoms with van der Waals surface area (Å²) in [6.45, 7) is 2.18. The number of para-hydroxylation sites is 1. The first-order valence-electron chi connectivity index (χ1n) is 11.0. The van der Waals surface area contributed by atoms with Gasteiger partial charge in [0.15, 0.2) is 0 Å². The fourth-order valence-electron chi connectivity index (χ4n) is 3.61. The van der Waals surface area contributed by atoms with E-state index in [9.17, 15) is 14.9 Å². The van der Waals surface area contributed by atoms with E-state index in [-0.39, 0.29) is 16.8 Å². The first-order chi connectivity index (χ1) is 17.0. The molecule has 1 amide bonds. The molecule has 0 saturated carbocycles. The zero-order chi connectivity index (χ0) is 24.8. The standard InChI is InChI=1S/C28H24N4O3/c1-20-26(28(34)32(31(20)2)24-11-7-4-8-12-24)30-27(33)23(18-29)17-21-13-15-25(16-14-21)35-19-22-9-5-3-6-10-22/h3-17H,19H2,1-2H3,(H,30,33). The van der Waals surface area contributed by atoms with Gasteiger partial charge >= 0.3 is 0 Å². The maximum atomic E-state index is 13.0. The summed E-state index contributed by atoms with van der Waals surface area (Å²) in [6, 6.07) is 28.0. The van der Waals surface area contributed by atoms with E-state index in [1.165, 1.54) is 10.8 Å². The van der Waals surface area contributed by atoms with Gasteiger partial charge in [-0.3, -0.25) is 14.3 Å². The SMILES string of the molecule is Cc1c(NC(=O)C(C#N)=Cc2ccc(OCc3ccccc3)cc2)c(=O)n(-c2ccccc2)n1C. The quantitative estimate of drug-likeness (QED) is 0.320. The molecule has 1 N–H and O–H groups in total. The van der Waals surface area contributed by atoms with Crippen molar-refractivity contribution >= 4 is 17.7 Å². The Labute approximate surface area is 203 Å². The maximum absolute atomic E-state index is 13.0. The molecule has 4 rings (SSSR count). The lowest BCUT2D eigenvalue weighted by atomic mass is 10.1. The summed E-state index contributed by atoms with van der Waals surface area (Å²) in [7, 11) is 1.74. The largest absolute Gasteiger partial charge is 0.489 e. The van der Waals surface area contributed by atoms with Crippen molar-refractivity contribution in [2.24, 2.45) is 7.05 Å². The minimum Gasteiger partial charge on any atom is -0.489 e. The monoisotopic (exact) mass is 464 g/mol. The Morgan fingerprint density at radius 2 is 1.63 bits per heavy atom. The topological polar surface area (TPSA) is 89.1 Å². The number of nitrogens with one attached hydrogen (secondary N) is 1. The van der Waals surface area contributed by atoms with E-state index in [1.54, 1.807) is 55.1 Å². The molecule has 0 bridgehead atoms. The van der Waals surface area contributed by atoms with Gasteiger partial charge in [0.1, 0.15) is 29.7 Å². The molecule has 0 radical (unpaired) electrons. The van der Waals surface area contributed by atoms with Crippen molar-refractivity contribution in [2.75, 3.05) is 5.32 Å². The number of aromatic nitrogens is 2. The molecule has 0 aliphatic rings. The number of nitriles is 1. The number of benzene rings is 3. The van der Waals surface area contributed by atoms with E-state index in [2.05, 4.69) is 5.32 Å². The first kappa shape index (κ1) is 23.3. The van der Waals surface area contributed by atoms with E-state index >= 15 is 0 Å². The van der Waals surface area contributed by atoms with E-state index in [0.29, 0.717) is 29.3 Å². The van der Waals surface area contributed by atoms with Gasteiger partial charge in [0.05, 0.1) is 11.4 Å². The number of ether oxygens (including phenoxy) is 1. The Balaban J connectivity index is 1.50. The highest BCUT2D eigenvalue weighted by atomic mass is 16.5. The maximum Gasteiger partial charge on any atom is 0.295 e. The van der Waals surface area contributed by atoms with Crippen molar-refractivity contribution in [3.63, 3.8) is 0 Å². The third-order valence-electron chi connectivity index (χ3n) is 5.60. The highest BCUT2D eigenvalue weighted by molar-refractivity contribution is 6.09. The van der Waals surface area contributed by atoms with E-state index < -0.39 is 5.91 Å². The molecular formula is C28H24N4O3. The first-order valence-corrected chi connectivity index (χ1v) is 11.0. The molecule has 7 heteroatoms. The molecule has 7 nitrogen and oxygen atoms in total. The average molecular weight is 465 g/mol. The molecule has 35 heavy (non-hydrogen) atoms. The van der Waals surface area contributed by atoms with Crippen molar-refractivity contribution < 1.29 is 9.53 Å². The van der Waals surface area contributed by atoms with Gasteiger partial charge in [-0.2, -0.15) is 5.26 Å². The Morgan fingerprint density at radius 1 is 1.00 bits per heavy atom. The highest BCUT2D eigenvalue weighted by Crippen LogP contribution is 2.18. The number of hydrogen-bond donors (Lipinski definition) is 1. The predicted molar refractivity (Wildman–Crippen MR) is 135 cm³/mol. The molecule has 1 heterocycles. The Bertz CT molecular complexity index is 1460. The van der Waals surface area contributed by atoms with Gasteiger partial charge in [-0.05, 0) is 48.4 Å². The van der Waals surface area contributed by atoms with Crippen molar-refractivity contribution in [1.82, 2.24) is 9.36 Å². The summed E-state index contributed by atoms with van der Waals surface area (Å²) in [4.78, 5) is 25.9. The van der Waals surface area contributed by atoms with Crippen molar-refractivity contribution in [3.8, 4) is 17.5 Å². The van der Waals surface area contributed by atoms with Crippen LogP contribution in [0.4, 0.5) is 5.69 Å². The van der Waals surface area contributed by atoms with Crippen LogP contribution >= 0.6 is 0 Å². The highest BCUT2D eigenvalue weighted by Gasteiger charge is 2.19. The second-order valence-corrected chi connectivity index (χ2v) is 7.90. The van der Waals surface area contributed by atoms with Gasteiger partial charge in [0.25, 0.3) is 11.5 Å². The van der Waals surface area contributed by atoms with Crippen molar-refractivity contribution in [1.29, 1.82) is 5.26 Å². The van der Waals surface area contributed by atoms with Gasteiger partial charge in [-0.1, -0.05) is 60.7 Å². The smallest absolute Gasteiger partial charge is 0.295 e. The van der Waals surface area contributed by atoms with E-state index in [1.807, 2.05) is 54.6 Å². The van der Waals surface area contributed by atoms with E-state index in [4.69, 9.17) is 4.74 Å². The van der Waals surface area contributed by atoms with Crippen molar-refractivity contribution in [3.05, 3.63) is 118 Å². The number of rotatable bonds is 7. The Hall–Kier alpha value is -4.83. The normalized spacial score (nSPS) is 11.1. The molecule has 174 valence electrons. The van der Waals surface area contributed by atoms with Crippen LogP contribution in [0.5, 0.6) is 5.75 Å². The zero-order valence-corrected chi connectivity index (χ0v) is 19.4. The van der Waals surface area contributed by atoms with Crippen LogP contribution in [0, 0.1) is 18.3 Å². The number of carbonyl (C=O) groups is 1. The van der Waals surface area contributed by atoms with Crippen LogP contribution in [0.3, 0.4) is 0 Å².